The van der Waals surface area contributed by atoms with Crippen LogP contribution in [0, 0.1) is 6.92 Å². The van der Waals surface area contributed by atoms with Gasteiger partial charge in [-0.1, -0.05) is 29.8 Å². The highest BCUT2D eigenvalue weighted by molar-refractivity contribution is 8.03. The molecule has 4 heteroatoms. The molecule has 1 saturated heterocycles. The summed E-state index contributed by atoms with van der Waals surface area (Å²) in [6, 6.07) is 8.66. The predicted molar refractivity (Wildman–Crippen MR) is 82.6 cm³/mol. The van der Waals surface area contributed by atoms with Gasteiger partial charge in [0.2, 0.25) is 0 Å². The SMILES string of the molecule is Cc1ccc([C@H](O)CNC2CSCCSC2)cc1. The standard InChI is InChI=1S/C14H21NOS2/c1-11-2-4-12(5-3-11)14(16)8-15-13-9-17-6-7-18-10-13/h2-5,13-16H,6-10H2,1H3/t14-/m1/s1. The van der Waals surface area contributed by atoms with Crippen molar-refractivity contribution in [2.45, 2.75) is 19.1 Å². The number of benzene rings is 1. The summed E-state index contributed by atoms with van der Waals surface area (Å²) in [6.45, 7) is 2.71. The molecule has 1 aliphatic heterocycles. The summed E-state index contributed by atoms with van der Waals surface area (Å²) in [4.78, 5) is 0. The Morgan fingerprint density at radius 1 is 1.22 bits per heavy atom. The van der Waals surface area contributed by atoms with Gasteiger partial charge in [0, 0.05) is 35.6 Å². The smallest absolute Gasteiger partial charge is 0.0914 e. The molecule has 100 valence electrons. The maximum absolute atomic E-state index is 10.1. The second kappa shape index (κ2) is 7.43. The van der Waals surface area contributed by atoms with Gasteiger partial charge in [-0.15, -0.1) is 0 Å². The maximum Gasteiger partial charge on any atom is 0.0914 e. The van der Waals surface area contributed by atoms with E-state index in [-0.39, 0.29) is 0 Å². The third-order valence-electron chi connectivity index (χ3n) is 3.07. The highest BCUT2D eigenvalue weighted by Gasteiger charge is 2.14. The average molecular weight is 283 g/mol. The van der Waals surface area contributed by atoms with Crippen LogP contribution >= 0.6 is 23.5 Å². The zero-order valence-electron chi connectivity index (χ0n) is 10.8. The molecule has 0 bridgehead atoms. The molecule has 1 heterocycles. The Hall–Kier alpha value is -0.160. The molecule has 1 fully saturated rings. The monoisotopic (exact) mass is 283 g/mol. The van der Waals surface area contributed by atoms with Crippen molar-refractivity contribution in [1.29, 1.82) is 0 Å². The van der Waals surface area contributed by atoms with Crippen LogP contribution in [0.15, 0.2) is 24.3 Å². The van der Waals surface area contributed by atoms with Crippen LogP contribution in [0.1, 0.15) is 17.2 Å². The van der Waals surface area contributed by atoms with Crippen molar-refractivity contribution in [3.63, 3.8) is 0 Å². The molecule has 1 aromatic carbocycles. The van der Waals surface area contributed by atoms with E-state index in [0.29, 0.717) is 12.6 Å². The zero-order chi connectivity index (χ0) is 12.8. The lowest BCUT2D eigenvalue weighted by Crippen LogP contribution is -2.36. The van der Waals surface area contributed by atoms with Crippen LogP contribution in [-0.2, 0) is 0 Å². The Kier molecular flexibility index (Phi) is 5.89. The van der Waals surface area contributed by atoms with E-state index < -0.39 is 6.10 Å². The molecular formula is C14H21NOS2. The maximum atomic E-state index is 10.1. The quantitative estimate of drug-likeness (QED) is 0.889. The van der Waals surface area contributed by atoms with E-state index in [1.807, 2.05) is 35.7 Å². The molecule has 2 N–H and O–H groups in total. The minimum Gasteiger partial charge on any atom is -0.387 e. The van der Waals surface area contributed by atoms with Crippen molar-refractivity contribution < 1.29 is 5.11 Å². The fourth-order valence-electron chi connectivity index (χ4n) is 1.92. The second-order valence-electron chi connectivity index (χ2n) is 4.68. The Morgan fingerprint density at radius 3 is 2.44 bits per heavy atom. The predicted octanol–water partition coefficient (Wildman–Crippen LogP) is 2.47. The molecule has 0 aromatic heterocycles. The minimum absolute atomic E-state index is 0.399. The van der Waals surface area contributed by atoms with Gasteiger partial charge < -0.3 is 10.4 Å². The summed E-state index contributed by atoms with van der Waals surface area (Å²) in [6.07, 6.45) is -0.399. The Bertz CT molecular complexity index is 347. The van der Waals surface area contributed by atoms with E-state index in [1.165, 1.54) is 17.1 Å². The van der Waals surface area contributed by atoms with Gasteiger partial charge in [-0.05, 0) is 12.5 Å². The molecule has 0 spiro atoms. The van der Waals surface area contributed by atoms with Crippen molar-refractivity contribution in [2.24, 2.45) is 0 Å². The summed E-state index contributed by atoms with van der Waals surface area (Å²) < 4.78 is 0. The van der Waals surface area contributed by atoms with E-state index in [4.69, 9.17) is 0 Å². The Balaban J connectivity index is 1.80. The fraction of sp³-hybridized carbons (Fsp3) is 0.571. The number of thioether (sulfide) groups is 2. The average Bonchev–Trinajstić information content (AvgIpc) is 2.65. The van der Waals surface area contributed by atoms with Crippen molar-refractivity contribution in [2.75, 3.05) is 29.6 Å². The summed E-state index contributed by atoms with van der Waals surface area (Å²) in [5.41, 5.74) is 2.23. The number of hydrogen-bond donors (Lipinski definition) is 2. The van der Waals surface area contributed by atoms with Crippen molar-refractivity contribution >= 4 is 23.5 Å². The van der Waals surface area contributed by atoms with E-state index in [0.717, 1.165) is 17.1 Å². The van der Waals surface area contributed by atoms with Crippen LogP contribution in [0.5, 0.6) is 0 Å². The zero-order valence-corrected chi connectivity index (χ0v) is 12.4. The van der Waals surface area contributed by atoms with Crippen LogP contribution in [0.25, 0.3) is 0 Å². The van der Waals surface area contributed by atoms with Crippen LogP contribution in [0.4, 0.5) is 0 Å². The molecule has 0 radical (unpaired) electrons. The summed E-state index contributed by atoms with van der Waals surface area (Å²) in [5.74, 6) is 4.83. The van der Waals surface area contributed by atoms with Crippen LogP contribution in [0.3, 0.4) is 0 Å². The molecule has 0 amide bonds. The van der Waals surface area contributed by atoms with E-state index in [1.54, 1.807) is 0 Å². The molecule has 0 saturated carbocycles. The number of aliphatic hydroxyl groups excluding tert-OH is 1. The third kappa shape index (κ3) is 4.50. The van der Waals surface area contributed by atoms with Gasteiger partial charge in [0.05, 0.1) is 6.10 Å². The van der Waals surface area contributed by atoms with Crippen molar-refractivity contribution in [3.8, 4) is 0 Å². The lowest BCUT2D eigenvalue weighted by molar-refractivity contribution is 0.172. The van der Waals surface area contributed by atoms with Gasteiger partial charge in [0.25, 0.3) is 0 Å². The Labute approximate surface area is 118 Å². The van der Waals surface area contributed by atoms with Gasteiger partial charge in [-0.25, -0.2) is 0 Å². The molecule has 2 rings (SSSR count). The summed E-state index contributed by atoms with van der Waals surface area (Å²) >= 11 is 4.02. The highest BCUT2D eigenvalue weighted by atomic mass is 32.2. The van der Waals surface area contributed by atoms with Crippen LogP contribution in [-0.4, -0.2) is 40.7 Å². The lowest BCUT2D eigenvalue weighted by atomic mass is 10.1. The number of aryl methyl sites for hydroxylation is 1. The first-order chi connectivity index (χ1) is 8.75. The third-order valence-corrected chi connectivity index (χ3v) is 5.59. The van der Waals surface area contributed by atoms with Crippen molar-refractivity contribution in [3.05, 3.63) is 35.4 Å². The fourth-order valence-corrected chi connectivity index (χ4v) is 4.39. The first kappa shape index (κ1) is 14.3. The van der Waals surface area contributed by atoms with Gasteiger partial charge in [-0.3, -0.25) is 0 Å². The molecule has 0 unspecified atom stereocenters. The molecule has 18 heavy (non-hydrogen) atoms. The molecule has 2 nitrogen and oxygen atoms in total. The first-order valence-corrected chi connectivity index (χ1v) is 8.70. The highest BCUT2D eigenvalue weighted by Crippen LogP contribution is 2.18. The minimum atomic E-state index is -0.399. The molecular weight excluding hydrogens is 262 g/mol. The van der Waals surface area contributed by atoms with E-state index in [9.17, 15) is 5.11 Å². The number of aliphatic hydroxyl groups is 1. The van der Waals surface area contributed by atoms with E-state index >= 15 is 0 Å². The van der Waals surface area contributed by atoms with Crippen LogP contribution < -0.4 is 5.32 Å². The lowest BCUT2D eigenvalue weighted by Gasteiger charge is -2.18. The topological polar surface area (TPSA) is 32.3 Å². The van der Waals surface area contributed by atoms with Crippen molar-refractivity contribution in [1.82, 2.24) is 5.32 Å². The summed E-state index contributed by atoms with van der Waals surface area (Å²) in [5, 5.41) is 13.6. The summed E-state index contributed by atoms with van der Waals surface area (Å²) in [7, 11) is 0. The largest absolute Gasteiger partial charge is 0.387 e. The normalized spacial score (nSPS) is 19.4. The van der Waals surface area contributed by atoms with Gasteiger partial charge in [0.1, 0.15) is 0 Å². The number of nitrogens with one attached hydrogen (secondary N) is 1. The van der Waals surface area contributed by atoms with E-state index in [2.05, 4.69) is 24.4 Å². The Morgan fingerprint density at radius 2 is 1.83 bits per heavy atom. The molecule has 0 aliphatic carbocycles. The van der Waals surface area contributed by atoms with Crippen LogP contribution in [0.2, 0.25) is 0 Å². The molecule has 1 aliphatic rings. The van der Waals surface area contributed by atoms with Gasteiger partial charge >= 0.3 is 0 Å². The second-order valence-corrected chi connectivity index (χ2v) is 6.98. The number of rotatable bonds is 4. The first-order valence-electron chi connectivity index (χ1n) is 6.39. The molecule has 1 aromatic rings. The van der Waals surface area contributed by atoms with Gasteiger partial charge in [0.15, 0.2) is 0 Å². The molecule has 1 atom stereocenters. The van der Waals surface area contributed by atoms with Gasteiger partial charge in [-0.2, -0.15) is 23.5 Å². The number of hydrogen-bond acceptors (Lipinski definition) is 4.